The molecule has 2 N–H and O–H groups in total. The Hall–Kier alpha value is -1.49. The van der Waals surface area contributed by atoms with Crippen molar-refractivity contribution < 1.29 is 9.18 Å². The average molecular weight is 280 g/mol. The summed E-state index contributed by atoms with van der Waals surface area (Å²) in [5.41, 5.74) is 6.97. The number of rotatable bonds is 3. The van der Waals surface area contributed by atoms with Gasteiger partial charge in [-0.2, -0.15) is 0 Å². The molecule has 0 spiro atoms. The molecule has 102 valence electrons. The Morgan fingerprint density at radius 1 is 1.37 bits per heavy atom. The summed E-state index contributed by atoms with van der Waals surface area (Å²) in [6.45, 7) is 1.09. The number of thiocarbonyl (C=S) groups is 1. The summed E-state index contributed by atoms with van der Waals surface area (Å²) < 4.78 is 13.4. The van der Waals surface area contributed by atoms with E-state index in [4.69, 9.17) is 18.0 Å². The van der Waals surface area contributed by atoms with E-state index in [1.165, 1.54) is 12.1 Å². The van der Waals surface area contributed by atoms with Crippen LogP contribution < -0.4 is 5.73 Å². The number of carbonyl (C=O) groups is 1. The van der Waals surface area contributed by atoms with Gasteiger partial charge in [0.05, 0.1) is 0 Å². The first-order chi connectivity index (χ1) is 9.08. The van der Waals surface area contributed by atoms with Gasteiger partial charge < -0.3 is 10.6 Å². The molecule has 3 nitrogen and oxygen atoms in total. The van der Waals surface area contributed by atoms with Crippen LogP contribution in [-0.4, -0.2) is 22.3 Å². The Morgan fingerprint density at radius 3 is 2.89 bits per heavy atom. The molecule has 0 aliphatic carbocycles. The highest BCUT2D eigenvalue weighted by atomic mass is 32.1. The van der Waals surface area contributed by atoms with Crippen LogP contribution in [0.5, 0.6) is 0 Å². The third-order valence-corrected chi connectivity index (χ3v) is 3.59. The van der Waals surface area contributed by atoms with Gasteiger partial charge in [-0.15, -0.1) is 0 Å². The zero-order chi connectivity index (χ0) is 13.8. The molecule has 1 aromatic rings. The van der Waals surface area contributed by atoms with Crippen molar-refractivity contribution in [3.63, 3.8) is 0 Å². The molecule has 19 heavy (non-hydrogen) atoms. The lowest BCUT2D eigenvalue weighted by atomic mass is 10.1. The summed E-state index contributed by atoms with van der Waals surface area (Å²) in [6, 6.07) is 4.32. The van der Waals surface area contributed by atoms with Crippen LogP contribution in [0.4, 0.5) is 4.39 Å². The monoisotopic (exact) mass is 280 g/mol. The molecule has 1 saturated heterocycles. The van der Waals surface area contributed by atoms with Crippen LogP contribution in [0.25, 0.3) is 0 Å². The second-order valence-corrected chi connectivity index (χ2v) is 5.23. The van der Waals surface area contributed by atoms with Crippen molar-refractivity contribution in [3.8, 4) is 0 Å². The molecule has 1 aliphatic rings. The number of carbonyl (C=O) groups excluding carboxylic acids is 1. The molecule has 1 aliphatic heterocycles. The van der Waals surface area contributed by atoms with Gasteiger partial charge in [0.15, 0.2) is 0 Å². The second-order valence-electron chi connectivity index (χ2n) is 4.79. The Labute approximate surface area is 117 Å². The fourth-order valence-electron chi connectivity index (χ4n) is 2.34. The number of hydrogen-bond acceptors (Lipinski definition) is 2. The average Bonchev–Trinajstić information content (AvgIpc) is 2.55. The second kappa shape index (κ2) is 6.10. The van der Waals surface area contributed by atoms with Crippen LogP contribution in [0.2, 0.25) is 0 Å². The predicted molar refractivity (Wildman–Crippen MR) is 76.2 cm³/mol. The van der Waals surface area contributed by atoms with E-state index in [1.807, 2.05) is 0 Å². The molecule has 0 atom stereocenters. The maximum Gasteiger partial charge on any atom is 0.222 e. The van der Waals surface area contributed by atoms with Gasteiger partial charge in [-0.3, -0.25) is 4.79 Å². The van der Waals surface area contributed by atoms with Crippen molar-refractivity contribution in [2.45, 2.75) is 32.2 Å². The molecule has 2 rings (SSSR count). The van der Waals surface area contributed by atoms with Gasteiger partial charge in [0, 0.05) is 25.1 Å². The molecule has 0 bridgehead atoms. The van der Waals surface area contributed by atoms with Crippen molar-refractivity contribution in [2.24, 2.45) is 5.73 Å². The summed E-state index contributed by atoms with van der Waals surface area (Å²) in [4.78, 5) is 14.0. The van der Waals surface area contributed by atoms with E-state index in [1.54, 1.807) is 11.0 Å². The van der Waals surface area contributed by atoms with Gasteiger partial charge in [-0.05, 0) is 36.6 Å². The van der Waals surface area contributed by atoms with E-state index in [0.717, 1.165) is 19.3 Å². The standard InChI is InChI=1S/C14H17FN2OS/c15-11-5-6-12(14(16)19)10(8-11)9-17-7-3-1-2-4-13(17)18/h5-6,8H,1-4,7,9H2,(H2,16,19). The van der Waals surface area contributed by atoms with Crippen LogP contribution in [0.15, 0.2) is 18.2 Å². The Balaban J connectivity index is 2.23. The van der Waals surface area contributed by atoms with E-state index >= 15 is 0 Å². The number of nitrogens with two attached hydrogens (primary N) is 1. The predicted octanol–water partition coefficient (Wildman–Crippen LogP) is 2.36. The molecule has 0 unspecified atom stereocenters. The zero-order valence-electron chi connectivity index (χ0n) is 10.7. The first-order valence-corrected chi connectivity index (χ1v) is 6.85. The number of amides is 1. The highest BCUT2D eigenvalue weighted by molar-refractivity contribution is 7.80. The van der Waals surface area contributed by atoms with Gasteiger partial charge in [0.2, 0.25) is 5.91 Å². The lowest BCUT2D eigenvalue weighted by Gasteiger charge is -2.22. The van der Waals surface area contributed by atoms with E-state index in [9.17, 15) is 9.18 Å². The SMILES string of the molecule is NC(=S)c1ccc(F)cc1CN1CCCCCC1=O. The summed E-state index contributed by atoms with van der Waals surface area (Å²) >= 11 is 4.97. The van der Waals surface area contributed by atoms with Crippen LogP contribution in [0.3, 0.4) is 0 Å². The molecule has 5 heteroatoms. The van der Waals surface area contributed by atoms with Gasteiger partial charge >= 0.3 is 0 Å². The largest absolute Gasteiger partial charge is 0.389 e. The van der Waals surface area contributed by atoms with Gasteiger partial charge in [-0.1, -0.05) is 18.6 Å². The van der Waals surface area contributed by atoms with Crippen molar-refractivity contribution in [3.05, 3.63) is 35.1 Å². The topological polar surface area (TPSA) is 46.3 Å². The van der Waals surface area contributed by atoms with Gasteiger partial charge in [0.1, 0.15) is 10.8 Å². The third-order valence-electron chi connectivity index (χ3n) is 3.37. The number of likely N-dealkylation sites (tertiary alicyclic amines) is 1. The lowest BCUT2D eigenvalue weighted by molar-refractivity contribution is -0.131. The van der Waals surface area contributed by atoms with Gasteiger partial charge in [-0.25, -0.2) is 4.39 Å². The summed E-state index contributed by atoms with van der Waals surface area (Å²) in [5.74, 6) is -0.215. The Kier molecular flexibility index (Phi) is 4.47. The molecular formula is C14H17FN2OS. The van der Waals surface area contributed by atoms with Crippen molar-refractivity contribution >= 4 is 23.1 Å². The number of halogens is 1. The van der Waals surface area contributed by atoms with Gasteiger partial charge in [0.25, 0.3) is 0 Å². The highest BCUT2D eigenvalue weighted by Crippen LogP contribution is 2.18. The zero-order valence-corrected chi connectivity index (χ0v) is 11.5. The summed E-state index contributed by atoms with van der Waals surface area (Å²) in [7, 11) is 0. The van der Waals surface area contributed by atoms with Crippen LogP contribution in [-0.2, 0) is 11.3 Å². The Morgan fingerprint density at radius 2 is 2.16 bits per heavy atom. The van der Waals surface area contributed by atoms with Crippen LogP contribution in [0, 0.1) is 5.82 Å². The smallest absolute Gasteiger partial charge is 0.222 e. The van der Waals surface area contributed by atoms with E-state index < -0.39 is 0 Å². The molecule has 0 aromatic heterocycles. The van der Waals surface area contributed by atoms with Crippen LogP contribution in [0.1, 0.15) is 36.8 Å². The first kappa shape index (κ1) is 13.9. The minimum atomic E-state index is -0.336. The van der Waals surface area contributed by atoms with Crippen molar-refractivity contribution in [1.29, 1.82) is 0 Å². The van der Waals surface area contributed by atoms with E-state index in [-0.39, 0.29) is 16.7 Å². The molecule has 1 heterocycles. The number of benzene rings is 1. The number of nitrogens with zero attached hydrogens (tertiary/aromatic N) is 1. The lowest BCUT2D eigenvalue weighted by Crippen LogP contribution is -2.30. The molecule has 1 amide bonds. The maximum absolute atomic E-state index is 13.4. The number of hydrogen-bond donors (Lipinski definition) is 1. The van der Waals surface area contributed by atoms with Crippen molar-refractivity contribution in [1.82, 2.24) is 4.90 Å². The molecular weight excluding hydrogens is 263 g/mol. The van der Waals surface area contributed by atoms with Crippen LogP contribution >= 0.6 is 12.2 Å². The fourth-order valence-corrected chi connectivity index (χ4v) is 2.54. The molecule has 1 fully saturated rings. The highest BCUT2D eigenvalue weighted by Gasteiger charge is 2.18. The Bertz CT molecular complexity index is 504. The molecule has 0 radical (unpaired) electrons. The third kappa shape index (κ3) is 3.50. The molecule has 0 saturated carbocycles. The molecule has 1 aromatic carbocycles. The quantitative estimate of drug-likeness (QED) is 0.865. The summed E-state index contributed by atoms with van der Waals surface area (Å²) in [6.07, 6.45) is 3.55. The summed E-state index contributed by atoms with van der Waals surface area (Å²) in [5, 5.41) is 0. The normalized spacial score (nSPS) is 16.3. The van der Waals surface area contributed by atoms with Crippen molar-refractivity contribution in [2.75, 3.05) is 6.54 Å². The minimum Gasteiger partial charge on any atom is -0.389 e. The van der Waals surface area contributed by atoms with E-state index in [0.29, 0.717) is 30.6 Å². The minimum absolute atomic E-state index is 0.121. The maximum atomic E-state index is 13.4. The first-order valence-electron chi connectivity index (χ1n) is 6.44. The van der Waals surface area contributed by atoms with E-state index in [2.05, 4.69) is 0 Å². The fraction of sp³-hybridized carbons (Fsp3) is 0.429.